The first-order valence-electron chi connectivity index (χ1n) is 6.34. The third kappa shape index (κ3) is 2.56. The molecule has 1 aliphatic rings. The Hall–Kier alpha value is -2.18. The number of carbonyl (C=O) groups is 1. The first-order chi connectivity index (χ1) is 9.74. The van der Waals surface area contributed by atoms with E-state index in [1.165, 1.54) is 0 Å². The zero-order valence-electron chi connectivity index (χ0n) is 10.7. The molecular weight excluding hydrogens is 255 g/mol. The number of amides is 1. The number of pyridine rings is 1. The molecule has 1 aliphatic heterocycles. The molecule has 0 aliphatic carbocycles. The summed E-state index contributed by atoms with van der Waals surface area (Å²) in [6.07, 6.45) is 1.69. The molecule has 6 heteroatoms. The fourth-order valence-electron chi connectivity index (χ4n) is 2.13. The van der Waals surface area contributed by atoms with Crippen LogP contribution in [-0.4, -0.2) is 23.0 Å². The number of aromatic nitrogens is 1. The quantitative estimate of drug-likeness (QED) is 0.782. The largest absolute Gasteiger partial charge is 0.491 e. The lowest BCUT2D eigenvalue weighted by Gasteiger charge is -2.06. The van der Waals surface area contributed by atoms with Gasteiger partial charge in [0.25, 0.3) is 5.91 Å². The van der Waals surface area contributed by atoms with Crippen LogP contribution in [-0.2, 0) is 17.8 Å². The highest BCUT2D eigenvalue weighted by Gasteiger charge is 2.27. The van der Waals surface area contributed by atoms with Crippen molar-refractivity contribution in [1.29, 1.82) is 0 Å². The molecule has 2 aromatic rings. The SMILES string of the molecule is O=C(NCc1ccccn1)c1ccc2c(c1)B(O)OC2. The van der Waals surface area contributed by atoms with Gasteiger partial charge in [-0.25, -0.2) is 0 Å². The highest BCUT2D eigenvalue weighted by molar-refractivity contribution is 6.61. The van der Waals surface area contributed by atoms with E-state index in [0.717, 1.165) is 11.3 Å². The Bertz CT molecular complexity index is 634. The average molecular weight is 268 g/mol. The number of benzene rings is 1. The predicted octanol–water partition coefficient (Wildman–Crippen LogP) is 0.229. The van der Waals surface area contributed by atoms with Gasteiger partial charge in [-0.1, -0.05) is 12.1 Å². The Kier molecular flexibility index (Phi) is 3.49. The summed E-state index contributed by atoms with van der Waals surface area (Å²) >= 11 is 0. The third-order valence-corrected chi connectivity index (χ3v) is 3.23. The molecule has 3 rings (SSSR count). The van der Waals surface area contributed by atoms with E-state index in [2.05, 4.69) is 10.3 Å². The molecule has 0 atom stereocenters. The molecule has 5 nitrogen and oxygen atoms in total. The van der Waals surface area contributed by atoms with Gasteiger partial charge in [0, 0.05) is 11.8 Å². The number of carbonyl (C=O) groups excluding carboxylic acids is 1. The van der Waals surface area contributed by atoms with Crippen LogP contribution in [0.3, 0.4) is 0 Å². The van der Waals surface area contributed by atoms with Crippen molar-refractivity contribution in [1.82, 2.24) is 10.3 Å². The van der Waals surface area contributed by atoms with Crippen LogP contribution in [0.15, 0.2) is 42.6 Å². The third-order valence-electron chi connectivity index (χ3n) is 3.23. The minimum absolute atomic E-state index is 0.197. The first kappa shape index (κ1) is 12.8. The summed E-state index contributed by atoms with van der Waals surface area (Å²) in [6.45, 7) is 0.752. The first-order valence-corrected chi connectivity index (χ1v) is 6.34. The number of hydrogen-bond donors (Lipinski definition) is 2. The van der Waals surface area contributed by atoms with Crippen molar-refractivity contribution in [2.75, 3.05) is 0 Å². The standard InChI is InChI=1S/C14H13BN2O3/c18-14(17-8-12-3-1-2-6-16-12)10-4-5-11-9-20-15(19)13(11)7-10/h1-7,19H,8-9H2,(H,17,18). The molecule has 2 heterocycles. The van der Waals surface area contributed by atoms with Gasteiger partial charge in [-0.05, 0) is 35.3 Å². The zero-order chi connectivity index (χ0) is 13.9. The molecule has 0 fully saturated rings. The van der Waals surface area contributed by atoms with E-state index in [0.29, 0.717) is 24.2 Å². The van der Waals surface area contributed by atoms with Crippen molar-refractivity contribution in [2.24, 2.45) is 0 Å². The van der Waals surface area contributed by atoms with Crippen molar-refractivity contribution in [3.63, 3.8) is 0 Å². The highest BCUT2D eigenvalue weighted by Crippen LogP contribution is 2.11. The fraction of sp³-hybridized carbons (Fsp3) is 0.143. The maximum atomic E-state index is 12.1. The van der Waals surface area contributed by atoms with Crippen LogP contribution < -0.4 is 10.8 Å². The highest BCUT2D eigenvalue weighted by atomic mass is 16.5. The molecule has 0 saturated carbocycles. The Labute approximate surface area is 116 Å². The lowest BCUT2D eigenvalue weighted by molar-refractivity contribution is 0.0950. The predicted molar refractivity (Wildman–Crippen MR) is 74.2 cm³/mol. The number of fused-ring (bicyclic) bond motifs is 1. The maximum absolute atomic E-state index is 12.1. The van der Waals surface area contributed by atoms with Gasteiger partial charge in [0.2, 0.25) is 0 Å². The lowest BCUT2D eigenvalue weighted by atomic mass is 9.79. The number of nitrogens with one attached hydrogen (secondary N) is 1. The van der Waals surface area contributed by atoms with Crippen LogP contribution in [0.2, 0.25) is 0 Å². The van der Waals surface area contributed by atoms with Crippen LogP contribution in [0.1, 0.15) is 21.6 Å². The fourth-order valence-corrected chi connectivity index (χ4v) is 2.13. The summed E-state index contributed by atoms with van der Waals surface area (Å²) in [5.41, 5.74) is 2.88. The molecule has 1 aromatic heterocycles. The van der Waals surface area contributed by atoms with Gasteiger partial charge in [0.05, 0.1) is 18.8 Å². The van der Waals surface area contributed by atoms with E-state index < -0.39 is 7.12 Å². The van der Waals surface area contributed by atoms with Crippen LogP contribution in [0, 0.1) is 0 Å². The summed E-state index contributed by atoms with van der Waals surface area (Å²) in [4.78, 5) is 16.2. The van der Waals surface area contributed by atoms with Crippen molar-refractivity contribution in [3.8, 4) is 0 Å². The van der Waals surface area contributed by atoms with E-state index in [-0.39, 0.29) is 5.91 Å². The molecule has 0 bridgehead atoms. The second-order valence-corrected chi connectivity index (χ2v) is 4.58. The van der Waals surface area contributed by atoms with Gasteiger partial charge in [0.15, 0.2) is 0 Å². The minimum Gasteiger partial charge on any atom is -0.423 e. The second-order valence-electron chi connectivity index (χ2n) is 4.58. The molecule has 2 N–H and O–H groups in total. The summed E-state index contributed by atoms with van der Waals surface area (Å²) in [7, 11) is -0.937. The molecule has 1 aromatic carbocycles. The maximum Gasteiger partial charge on any atom is 0.491 e. The normalized spacial score (nSPS) is 13.2. The average Bonchev–Trinajstić information content (AvgIpc) is 2.87. The number of hydrogen-bond acceptors (Lipinski definition) is 4. The van der Waals surface area contributed by atoms with Crippen molar-refractivity contribution in [3.05, 3.63) is 59.4 Å². The zero-order valence-corrected chi connectivity index (χ0v) is 10.7. The summed E-state index contributed by atoms with van der Waals surface area (Å²) < 4.78 is 5.10. The van der Waals surface area contributed by atoms with E-state index >= 15 is 0 Å². The molecular formula is C14H13BN2O3. The van der Waals surface area contributed by atoms with Gasteiger partial charge in [-0.3, -0.25) is 9.78 Å². The Morgan fingerprint density at radius 3 is 3.10 bits per heavy atom. The summed E-state index contributed by atoms with van der Waals surface area (Å²) in [5, 5.41) is 12.4. The Morgan fingerprint density at radius 2 is 2.30 bits per heavy atom. The topological polar surface area (TPSA) is 71.5 Å². The van der Waals surface area contributed by atoms with Crippen molar-refractivity contribution >= 4 is 18.5 Å². The summed E-state index contributed by atoms with van der Waals surface area (Å²) in [5.74, 6) is -0.197. The second kappa shape index (κ2) is 5.44. The minimum atomic E-state index is -0.937. The molecule has 0 radical (unpaired) electrons. The van der Waals surface area contributed by atoms with Gasteiger partial charge < -0.3 is 15.0 Å². The number of rotatable bonds is 3. The molecule has 100 valence electrons. The van der Waals surface area contributed by atoms with E-state index in [1.807, 2.05) is 18.2 Å². The number of nitrogens with zero attached hydrogens (tertiary/aromatic N) is 1. The van der Waals surface area contributed by atoms with Crippen LogP contribution in [0.25, 0.3) is 0 Å². The van der Waals surface area contributed by atoms with Crippen molar-refractivity contribution < 1.29 is 14.5 Å². The van der Waals surface area contributed by atoms with Gasteiger partial charge in [0.1, 0.15) is 0 Å². The van der Waals surface area contributed by atoms with Crippen molar-refractivity contribution in [2.45, 2.75) is 13.2 Å². The Balaban J connectivity index is 1.70. The summed E-state index contributed by atoms with van der Waals surface area (Å²) in [6, 6.07) is 10.8. The van der Waals surface area contributed by atoms with Crippen LogP contribution >= 0.6 is 0 Å². The molecule has 20 heavy (non-hydrogen) atoms. The molecule has 1 amide bonds. The van der Waals surface area contributed by atoms with Crippen LogP contribution in [0.5, 0.6) is 0 Å². The van der Waals surface area contributed by atoms with Crippen LogP contribution in [0.4, 0.5) is 0 Å². The Morgan fingerprint density at radius 1 is 1.40 bits per heavy atom. The van der Waals surface area contributed by atoms with E-state index in [4.69, 9.17) is 4.65 Å². The molecule has 0 saturated heterocycles. The molecule has 0 spiro atoms. The van der Waals surface area contributed by atoms with Gasteiger partial charge >= 0.3 is 7.12 Å². The molecule has 0 unspecified atom stereocenters. The van der Waals surface area contributed by atoms with Gasteiger partial charge in [-0.15, -0.1) is 0 Å². The smallest absolute Gasteiger partial charge is 0.423 e. The monoisotopic (exact) mass is 268 g/mol. The van der Waals surface area contributed by atoms with E-state index in [9.17, 15) is 9.82 Å². The lowest BCUT2D eigenvalue weighted by Crippen LogP contribution is -2.30. The van der Waals surface area contributed by atoms with Gasteiger partial charge in [-0.2, -0.15) is 0 Å². The van der Waals surface area contributed by atoms with E-state index in [1.54, 1.807) is 24.4 Å².